The van der Waals surface area contributed by atoms with Crippen LogP contribution in [0.25, 0.3) is 0 Å². The Hall–Kier alpha value is -1.36. The second kappa shape index (κ2) is 6.54. The van der Waals surface area contributed by atoms with Crippen LogP contribution < -0.4 is 11.1 Å². The van der Waals surface area contributed by atoms with Gasteiger partial charge < -0.3 is 11.1 Å². The number of carbonyl (C=O) groups excluding carboxylic acids is 1. The molecule has 18 heavy (non-hydrogen) atoms. The molecule has 0 atom stereocenters. The van der Waals surface area contributed by atoms with Crippen molar-refractivity contribution in [3.63, 3.8) is 0 Å². The van der Waals surface area contributed by atoms with Crippen molar-refractivity contribution in [2.75, 3.05) is 6.54 Å². The molecule has 5 nitrogen and oxygen atoms in total. The normalized spacial score (nSPS) is 16.2. The van der Waals surface area contributed by atoms with Crippen LogP contribution in [-0.4, -0.2) is 22.2 Å². The highest BCUT2D eigenvalue weighted by Crippen LogP contribution is 2.28. The summed E-state index contributed by atoms with van der Waals surface area (Å²) in [4.78, 5) is 10.6. The number of amides is 1. The average Bonchev–Trinajstić information content (AvgIpc) is 2.98. The molecule has 1 aliphatic rings. The van der Waals surface area contributed by atoms with Crippen LogP contribution in [0.3, 0.4) is 0 Å². The molecule has 0 aromatic carbocycles. The Kier molecular flexibility index (Phi) is 4.75. The first kappa shape index (κ1) is 13.1. The number of carbonyl (C=O) groups is 1. The number of primary amides is 1. The minimum absolute atomic E-state index is 0.234. The van der Waals surface area contributed by atoms with Crippen molar-refractivity contribution >= 4 is 5.91 Å². The van der Waals surface area contributed by atoms with Gasteiger partial charge in [-0.05, 0) is 31.9 Å². The maximum absolute atomic E-state index is 10.6. The van der Waals surface area contributed by atoms with Gasteiger partial charge in [0, 0.05) is 19.2 Å². The largest absolute Gasteiger partial charge is 0.370 e. The van der Waals surface area contributed by atoms with E-state index in [1.54, 1.807) is 0 Å². The van der Waals surface area contributed by atoms with Crippen LogP contribution in [0.1, 0.15) is 50.3 Å². The van der Waals surface area contributed by atoms with Crippen LogP contribution in [-0.2, 0) is 11.3 Å². The van der Waals surface area contributed by atoms with Gasteiger partial charge in [-0.15, -0.1) is 0 Å². The molecule has 1 aromatic heterocycles. The summed E-state index contributed by atoms with van der Waals surface area (Å²) < 4.78 is 2.10. The van der Waals surface area contributed by atoms with E-state index in [1.807, 2.05) is 0 Å². The number of aromatic nitrogens is 2. The standard InChI is InChI=1S/C13H22N4O/c14-13(18)6-3-8-15-10-11-7-9-17(16-11)12-4-1-2-5-12/h7,9,12,15H,1-6,8,10H2,(H2,14,18). The topological polar surface area (TPSA) is 72.9 Å². The molecular weight excluding hydrogens is 228 g/mol. The molecule has 2 rings (SSSR count). The molecule has 0 saturated heterocycles. The average molecular weight is 250 g/mol. The second-order valence-electron chi connectivity index (χ2n) is 4.97. The molecular formula is C13H22N4O. The summed E-state index contributed by atoms with van der Waals surface area (Å²) in [7, 11) is 0. The summed E-state index contributed by atoms with van der Waals surface area (Å²) in [5.74, 6) is -0.234. The predicted molar refractivity (Wildman–Crippen MR) is 69.9 cm³/mol. The Morgan fingerprint density at radius 2 is 2.28 bits per heavy atom. The van der Waals surface area contributed by atoms with E-state index < -0.39 is 0 Å². The maximum atomic E-state index is 10.6. The van der Waals surface area contributed by atoms with E-state index in [9.17, 15) is 4.79 Å². The molecule has 1 aliphatic carbocycles. The molecule has 0 spiro atoms. The van der Waals surface area contributed by atoms with E-state index in [2.05, 4.69) is 27.4 Å². The molecule has 1 amide bonds. The summed E-state index contributed by atoms with van der Waals surface area (Å²) in [5.41, 5.74) is 6.15. The first-order valence-corrected chi connectivity index (χ1v) is 6.79. The third-order valence-corrected chi connectivity index (χ3v) is 3.45. The Morgan fingerprint density at radius 3 is 3.00 bits per heavy atom. The van der Waals surface area contributed by atoms with Crippen LogP contribution in [0.2, 0.25) is 0 Å². The monoisotopic (exact) mass is 250 g/mol. The van der Waals surface area contributed by atoms with Crippen molar-refractivity contribution in [3.05, 3.63) is 18.0 Å². The van der Waals surface area contributed by atoms with Crippen LogP contribution in [0.15, 0.2) is 12.3 Å². The van der Waals surface area contributed by atoms with E-state index >= 15 is 0 Å². The number of nitrogens with zero attached hydrogens (tertiary/aromatic N) is 2. The van der Waals surface area contributed by atoms with Gasteiger partial charge in [0.1, 0.15) is 0 Å². The van der Waals surface area contributed by atoms with Crippen molar-refractivity contribution in [2.24, 2.45) is 5.73 Å². The van der Waals surface area contributed by atoms with Gasteiger partial charge in [-0.2, -0.15) is 5.10 Å². The van der Waals surface area contributed by atoms with Crippen LogP contribution in [0.4, 0.5) is 0 Å². The molecule has 0 unspecified atom stereocenters. The predicted octanol–water partition coefficient (Wildman–Crippen LogP) is 1.35. The van der Waals surface area contributed by atoms with Gasteiger partial charge in [-0.1, -0.05) is 12.8 Å². The van der Waals surface area contributed by atoms with E-state index in [0.717, 1.165) is 25.2 Å². The summed E-state index contributed by atoms with van der Waals surface area (Å²) in [6.45, 7) is 1.57. The fourth-order valence-electron chi connectivity index (χ4n) is 2.45. The molecule has 0 aliphatic heterocycles. The van der Waals surface area contributed by atoms with Crippen LogP contribution >= 0.6 is 0 Å². The molecule has 1 aromatic rings. The number of hydrogen-bond donors (Lipinski definition) is 2. The highest BCUT2D eigenvalue weighted by atomic mass is 16.1. The Bertz CT molecular complexity index is 382. The highest BCUT2D eigenvalue weighted by Gasteiger charge is 2.17. The van der Waals surface area contributed by atoms with Crippen LogP contribution in [0.5, 0.6) is 0 Å². The first-order valence-electron chi connectivity index (χ1n) is 6.79. The van der Waals surface area contributed by atoms with E-state index in [0.29, 0.717) is 12.5 Å². The molecule has 0 bridgehead atoms. The molecule has 0 radical (unpaired) electrons. The summed E-state index contributed by atoms with van der Waals surface area (Å²) in [6.07, 6.45) is 8.48. The van der Waals surface area contributed by atoms with Crippen LogP contribution in [0, 0.1) is 0 Å². The van der Waals surface area contributed by atoms with Gasteiger partial charge in [0.05, 0.1) is 11.7 Å². The fraction of sp³-hybridized carbons (Fsp3) is 0.692. The number of nitrogens with one attached hydrogen (secondary N) is 1. The Labute approximate surface area is 108 Å². The van der Waals surface area contributed by atoms with Crippen molar-refractivity contribution < 1.29 is 4.79 Å². The van der Waals surface area contributed by atoms with Gasteiger partial charge >= 0.3 is 0 Å². The maximum Gasteiger partial charge on any atom is 0.217 e. The Morgan fingerprint density at radius 1 is 1.50 bits per heavy atom. The molecule has 1 fully saturated rings. The molecule has 1 saturated carbocycles. The van der Waals surface area contributed by atoms with Crippen molar-refractivity contribution in [3.8, 4) is 0 Å². The lowest BCUT2D eigenvalue weighted by molar-refractivity contribution is -0.118. The Balaban J connectivity index is 1.68. The summed E-state index contributed by atoms with van der Waals surface area (Å²) in [6, 6.07) is 2.67. The number of hydrogen-bond acceptors (Lipinski definition) is 3. The lowest BCUT2D eigenvalue weighted by atomic mass is 10.3. The molecule has 100 valence electrons. The molecule has 5 heteroatoms. The minimum atomic E-state index is -0.234. The zero-order valence-corrected chi connectivity index (χ0v) is 10.8. The van der Waals surface area contributed by atoms with Gasteiger partial charge in [0.25, 0.3) is 0 Å². The fourth-order valence-corrected chi connectivity index (χ4v) is 2.45. The van der Waals surface area contributed by atoms with Crippen molar-refractivity contribution in [1.29, 1.82) is 0 Å². The zero-order chi connectivity index (χ0) is 12.8. The third kappa shape index (κ3) is 3.84. The number of rotatable bonds is 7. The van der Waals surface area contributed by atoms with E-state index in [1.165, 1.54) is 25.7 Å². The quantitative estimate of drug-likeness (QED) is 0.717. The van der Waals surface area contributed by atoms with E-state index in [-0.39, 0.29) is 5.91 Å². The SMILES string of the molecule is NC(=O)CCCNCc1ccn(C2CCCC2)n1. The second-order valence-corrected chi connectivity index (χ2v) is 4.97. The van der Waals surface area contributed by atoms with Gasteiger partial charge in [0.2, 0.25) is 5.91 Å². The summed E-state index contributed by atoms with van der Waals surface area (Å²) in [5, 5.41) is 7.86. The lowest BCUT2D eigenvalue weighted by Gasteiger charge is -2.08. The van der Waals surface area contributed by atoms with Gasteiger partial charge in [0.15, 0.2) is 0 Å². The smallest absolute Gasteiger partial charge is 0.217 e. The third-order valence-electron chi connectivity index (χ3n) is 3.45. The van der Waals surface area contributed by atoms with Crippen molar-refractivity contribution in [2.45, 2.75) is 51.1 Å². The minimum Gasteiger partial charge on any atom is -0.370 e. The highest BCUT2D eigenvalue weighted by molar-refractivity contribution is 5.73. The molecule has 3 N–H and O–H groups in total. The van der Waals surface area contributed by atoms with Gasteiger partial charge in [-0.25, -0.2) is 0 Å². The first-order chi connectivity index (χ1) is 8.75. The van der Waals surface area contributed by atoms with Crippen molar-refractivity contribution in [1.82, 2.24) is 15.1 Å². The zero-order valence-electron chi connectivity index (χ0n) is 10.8. The van der Waals surface area contributed by atoms with Gasteiger partial charge in [-0.3, -0.25) is 9.48 Å². The summed E-state index contributed by atoms with van der Waals surface area (Å²) >= 11 is 0. The molecule has 1 heterocycles. The number of nitrogens with two attached hydrogens (primary N) is 1. The van der Waals surface area contributed by atoms with E-state index in [4.69, 9.17) is 5.73 Å². The lowest BCUT2D eigenvalue weighted by Crippen LogP contribution is -2.18.